The van der Waals surface area contributed by atoms with Gasteiger partial charge in [0.05, 0.1) is 5.54 Å². The highest BCUT2D eigenvalue weighted by Gasteiger charge is 2.38. The van der Waals surface area contributed by atoms with Crippen LogP contribution < -0.4 is 5.73 Å². The summed E-state index contributed by atoms with van der Waals surface area (Å²) in [7, 11) is 0. The Morgan fingerprint density at radius 2 is 2.35 bits per heavy atom. The lowest BCUT2D eigenvalue weighted by atomic mass is 9.77. The summed E-state index contributed by atoms with van der Waals surface area (Å²) in [6, 6.07) is 0. The molecule has 0 radical (unpaired) electrons. The highest BCUT2D eigenvalue weighted by Crippen LogP contribution is 2.37. The van der Waals surface area contributed by atoms with Crippen LogP contribution in [0.5, 0.6) is 0 Å². The van der Waals surface area contributed by atoms with Crippen LogP contribution in [0, 0.1) is 5.92 Å². The number of hydrogen-bond acceptors (Lipinski definition) is 4. The minimum absolute atomic E-state index is 0.345. The molecule has 2 rings (SSSR count). The predicted octanol–water partition coefficient (Wildman–Crippen LogP) is 2.95. The predicted molar refractivity (Wildman–Crippen MR) is 66.5 cm³/mol. The average molecular weight is 237 g/mol. The summed E-state index contributed by atoms with van der Waals surface area (Å²) < 4.78 is 5.39. The van der Waals surface area contributed by atoms with Gasteiger partial charge in [0, 0.05) is 5.92 Å². The molecular formula is C13H23N3O. The number of aromatic nitrogens is 2. The molecule has 3 atom stereocenters. The molecule has 17 heavy (non-hydrogen) atoms. The van der Waals surface area contributed by atoms with Crippen molar-refractivity contribution in [2.45, 2.75) is 64.3 Å². The normalized spacial score (nSPS) is 31.4. The Bertz CT molecular complexity index is 376. The summed E-state index contributed by atoms with van der Waals surface area (Å²) in [5.41, 5.74) is 6.04. The molecule has 1 saturated carbocycles. The van der Waals surface area contributed by atoms with Crippen LogP contribution in [0.15, 0.2) is 4.52 Å². The lowest BCUT2D eigenvalue weighted by Crippen LogP contribution is -2.41. The first kappa shape index (κ1) is 12.6. The largest absolute Gasteiger partial charge is 0.337 e. The number of nitrogens with zero attached hydrogens (tertiary/aromatic N) is 2. The third kappa shape index (κ3) is 2.51. The molecule has 1 aromatic heterocycles. The van der Waals surface area contributed by atoms with E-state index >= 15 is 0 Å². The number of rotatable bonds is 3. The molecule has 4 nitrogen and oxygen atoms in total. The third-order valence-electron chi connectivity index (χ3n) is 3.95. The second kappa shape index (κ2) is 4.77. The maximum absolute atomic E-state index is 6.43. The molecule has 0 spiro atoms. The Balaban J connectivity index is 2.18. The lowest BCUT2D eigenvalue weighted by Gasteiger charge is -2.33. The van der Waals surface area contributed by atoms with Gasteiger partial charge in [0.2, 0.25) is 5.89 Å². The van der Waals surface area contributed by atoms with Gasteiger partial charge >= 0.3 is 0 Å². The van der Waals surface area contributed by atoms with Gasteiger partial charge < -0.3 is 10.3 Å². The molecule has 1 aromatic rings. The van der Waals surface area contributed by atoms with Gasteiger partial charge in [0.1, 0.15) is 0 Å². The molecule has 4 heteroatoms. The molecule has 2 N–H and O–H groups in total. The highest BCUT2D eigenvalue weighted by atomic mass is 16.5. The second-order valence-electron chi connectivity index (χ2n) is 5.62. The van der Waals surface area contributed by atoms with Crippen LogP contribution in [0.1, 0.15) is 70.5 Å². The molecule has 3 unspecified atom stereocenters. The van der Waals surface area contributed by atoms with Crippen molar-refractivity contribution in [3.63, 3.8) is 0 Å². The Hall–Kier alpha value is -0.900. The Morgan fingerprint density at radius 3 is 3.00 bits per heavy atom. The van der Waals surface area contributed by atoms with Crippen molar-refractivity contribution in [2.75, 3.05) is 0 Å². The number of nitrogens with two attached hydrogens (primary N) is 1. The smallest absolute Gasteiger partial charge is 0.246 e. The molecule has 1 heterocycles. The first-order valence-corrected chi connectivity index (χ1v) is 6.68. The van der Waals surface area contributed by atoms with Crippen LogP contribution in [0.4, 0.5) is 0 Å². The van der Waals surface area contributed by atoms with E-state index in [1.165, 1.54) is 6.42 Å². The van der Waals surface area contributed by atoms with Crippen molar-refractivity contribution >= 4 is 0 Å². The van der Waals surface area contributed by atoms with Crippen LogP contribution in [0.25, 0.3) is 0 Å². The topological polar surface area (TPSA) is 64.9 Å². The molecule has 96 valence electrons. The molecule has 1 aliphatic carbocycles. The van der Waals surface area contributed by atoms with Gasteiger partial charge in [0.15, 0.2) is 5.82 Å². The van der Waals surface area contributed by atoms with Gasteiger partial charge in [0.25, 0.3) is 0 Å². The SMILES string of the molecule is CCC(C)c1noc(C2(N)CCCC(C)C2)n1. The van der Waals surface area contributed by atoms with Crippen LogP contribution >= 0.6 is 0 Å². The monoisotopic (exact) mass is 237 g/mol. The van der Waals surface area contributed by atoms with Crippen molar-refractivity contribution in [1.82, 2.24) is 10.1 Å². The fourth-order valence-corrected chi connectivity index (χ4v) is 2.61. The van der Waals surface area contributed by atoms with Crippen molar-refractivity contribution in [3.05, 3.63) is 11.7 Å². The Labute approximate surface area is 103 Å². The van der Waals surface area contributed by atoms with Crippen molar-refractivity contribution in [2.24, 2.45) is 11.7 Å². The minimum Gasteiger partial charge on any atom is -0.337 e. The molecule has 0 bridgehead atoms. The zero-order valence-corrected chi connectivity index (χ0v) is 11.1. The Morgan fingerprint density at radius 1 is 1.59 bits per heavy atom. The lowest BCUT2D eigenvalue weighted by molar-refractivity contribution is 0.183. The van der Waals surface area contributed by atoms with E-state index in [-0.39, 0.29) is 0 Å². The summed E-state index contributed by atoms with van der Waals surface area (Å²) in [6.07, 6.45) is 5.34. The quantitative estimate of drug-likeness (QED) is 0.877. The second-order valence-corrected chi connectivity index (χ2v) is 5.62. The van der Waals surface area contributed by atoms with Gasteiger partial charge in [-0.1, -0.05) is 38.8 Å². The molecule has 0 amide bonds. The first-order valence-electron chi connectivity index (χ1n) is 6.68. The summed E-state index contributed by atoms with van der Waals surface area (Å²) in [5, 5.41) is 4.07. The summed E-state index contributed by atoms with van der Waals surface area (Å²) in [6.45, 7) is 6.48. The zero-order chi connectivity index (χ0) is 12.5. The summed E-state index contributed by atoms with van der Waals surface area (Å²) in [4.78, 5) is 4.51. The molecule has 0 aliphatic heterocycles. The van der Waals surface area contributed by atoms with Crippen LogP contribution in [-0.2, 0) is 5.54 Å². The van der Waals surface area contributed by atoms with Gasteiger partial charge in [-0.15, -0.1) is 0 Å². The van der Waals surface area contributed by atoms with Crippen molar-refractivity contribution in [1.29, 1.82) is 0 Å². The van der Waals surface area contributed by atoms with Crippen LogP contribution in [-0.4, -0.2) is 10.1 Å². The van der Waals surface area contributed by atoms with E-state index in [1.54, 1.807) is 0 Å². The third-order valence-corrected chi connectivity index (χ3v) is 3.95. The van der Waals surface area contributed by atoms with Gasteiger partial charge in [-0.25, -0.2) is 0 Å². The molecular weight excluding hydrogens is 214 g/mol. The van der Waals surface area contributed by atoms with E-state index in [9.17, 15) is 0 Å². The van der Waals surface area contributed by atoms with E-state index in [0.29, 0.717) is 17.7 Å². The molecule has 0 saturated heterocycles. The maximum Gasteiger partial charge on any atom is 0.246 e. The molecule has 0 aromatic carbocycles. The fourth-order valence-electron chi connectivity index (χ4n) is 2.61. The van der Waals surface area contributed by atoms with Gasteiger partial charge in [-0.3, -0.25) is 0 Å². The van der Waals surface area contributed by atoms with Gasteiger partial charge in [-0.05, 0) is 25.2 Å². The zero-order valence-electron chi connectivity index (χ0n) is 11.1. The first-order chi connectivity index (χ1) is 8.05. The fraction of sp³-hybridized carbons (Fsp3) is 0.846. The summed E-state index contributed by atoms with van der Waals surface area (Å²) >= 11 is 0. The van der Waals surface area contributed by atoms with Crippen molar-refractivity contribution in [3.8, 4) is 0 Å². The van der Waals surface area contributed by atoms with Crippen LogP contribution in [0.2, 0.25) is 0 Å². The van der Waals surface area contributed by atoms with Gasteiger partial charge in [-0.2, -0.15) is 4.98 Å². The van der Waals surface area contributed by atoms with E-state index in [0.717, 1.165) is 31.5 Å². The van der Waals surface area contributed by atoms with E-state index < -0.39 is 5.54 Å². The van der Waals surface area contributed by atoms with E-state index in [2.05, 4.69) is 30.9 Å². The van der Waals surface area contributed by atoms with E-state index in [1.807, 2.05) is 0 Å². The molecule has 1 aliphatic rings. The van der Waals surface area contributed by atoms with Crippen LogP contribution in [0.3, 0.4) is 0 Å². The number of hydrogen-bond donors (Lipinski definition) is 1. The standard InChI is InChI=1S/C13H23N3O/c1-4-10(3)11-15-12(17-16-11)13(14)7-5-6-9(2)8-13/h9-10H,4-8,14H2,1-3H3. The summed E-state index contributed by atoms with van der Waals surface area (Å²) in [5.74, 6) is 2.43. The van der Waals surface area contributed by atoms with E-state index in [4.69, 9.17) is 10.3 Å². The highest BCUT2D eigenvalue weighted by molar-refractivity contribution is 5.06. The average Bonchev–Trinajstić information content (AvgIpc) is 2.77. The minimum atomic E-state index is -0.392. The van der Waals surface area contributed by atoms with Crippen molar-refractivity contribution < 1.29 is 4.52 Å². The molecule has 1 fully saturated rings. The Kier molecular flexibility index (Phi) is 3.52. The maximum atomic E-state index is 6.43.